The van der Waals surface area contributed by atoms with Gasteiger partial charge in [0, 0.05) is 59.4 Å². The molecule has 8 unspecified atom stereocenters. The first-order chi connectivity index (χ1) is 57.9. The molecule has 12 rings (SSSR count). The lowest BCUT2D eigenvalue weighted by molar-refractivity contribution is -0.347. The molecule has 0 amide bonds. The maximum absolute atomic E-state index is 12.5. The summed E-state index contributed by atoms with van der Waals surface area (Å²) in [5.74, 6) is -2.76. The van der Waals surface area contributed by atoms with Crippen LogP contribution < -0.4 is 0 Å². The van der Waals surface area contributed by atoms with E-state index in [1.807, 2.05) is 142 Å². The lowest BCUT2D eigenvalue weighted by atomic mass is 9.84. The predicted molar refractivity (Wildman–Crippen MR) is 416 cm³/mol. The Labute approximate surface area is 696 Å². The fraction of sp³-hybridized carbons (Fsp3) is 0.696. The topological polar surface area (TPSA) is 499 Å². The zero-order valence-corrected chi connectivity index (χ0v) is 69.2. The largest absolute Gasteiger partial charge is 0.397 e. The second kappa shape index (κ2) is 44.5. The van der Waals surface area contributed by atoms with Crippen LogP contribution in [0.4, 0.5) is 0 Å². The van der Waals surface area contributed by atoms with Crippen LogP contribution in [0.3, 0.4) is 0 Å². The van der Waals surface area contributed by atoms with Gasteiger partial charge in [0.25, 0.3) is 0 Å². The smallest absolute Gasteiger partial charge is 0.394 e. The summed E-state index contributed by atoms with van der Waals surface area (Å²) in [6, 6.07) is 33.9. The molecule has 8 heterocycles. The van der Waals surface area contributed by atoms with E-state index in [9.17, 15) is 52.7 Å². The van der Waals surface area contributed by atoms with Gasteiger partial charge in [-0.2, -0.15) is 16.8 Å². The fourth-order valence-electron chi connectivity index (χ4n) is 16.4. The Balaban J connectivity index is 0.732. The molecule has 4 aromatic carbocycles. The number of azide groups is 3. The molecule has 0 aromatic heterocycles. The molecule has 39 nitrogen and oxygen atoms in total. The van der Waals surface area contributed by atoms with Crippen molar-refractivity contribution in [1.29, 1.82) is 0 Å². The molecular formula is C79H109N9O30S2. The minimum atomic E-state index is -5.17. The van der Waals surface area contributed by atoms with Crippen LogP contribution in [0.5, 0.6) is 0 Å². The molecule has 0 aliphatic carbocycles. The van der Waals surface area contributed by atoms with Gasteiger partial charge in [0.15, 0.2) is 50.3 Å². The molecule has 41 heteroatoms. The van der Waals surface area contributed by atoms with Crippen LogP contribution in [0.2, 0.25) is 0 Å². The van der Waals surface area contributed by atoms with Crippen LogP contribution in [-0.4, -0.2) is 256 Å². The third kappa shape index (κ3) is 25.3. The average Bonchev–Trinajstić information content (AvgIpc) is 0.785. The molecule has 0 spiro atoms. The van der Waals surface area contributed by atoms with Crippen molar-refractivity contribution in [3.8, 4) is 0 Å². The second-order valence-corrected chi connectivity index (χ2v) is 33.5. The van der Waals surface area contributed by atoms with E-state index >= 15 is 0 Å². The summed E-state index contributed by atoms with van der Waals surface area (Å²) in [5.41, 5.74) is 33.9. The van der Waals surface area contributed by atoms with Crippen LogP contribution in [0, 0.1) is 35.5 Å². The Kier molecular flexibility index (Phi) is 34.4. The van der Waals surface area contributed by atoms with Crippen LogP contribution in [0.15, 0.2) is 137 Å². The summed E-state index contributed by atoms with van der Waals surface area (Å²) >= 11 is 0. The van der Waals surface area contributed by atoms with Gasteiger partial charge in [-0.25, -0.2) is 8.37 Å². The predicted octanol–water partition coefficient (Wildman–Crippen LogP) is 9.03. The highest BCUT2D eigenvalue weighted by molar-refractivity contribution is 7.81. The number of methoxy groups -OCH3 is 1. The van der Waals surface area contributed by atoms with Gasteiger partial charge in [-0.05, 0) is 62.5 Å². The molecule has 4 aromatic rings. The first-order valence-electron chi connectivity index (χ1n) is 40.3. The normalized spacial score (nSPS) is 37.6. The highest BCUT2D eigenvalue weighted by atomic mass is 32.3. The maximum Gasteiger partial charge on any atom is 0.397 e. The number of benzene rings is 4. The van der Waals surface area contributed by atoms with Crippen molar-refractivity contribution in [3.05, 3.63) is 175 Å². The highest BCUT2D eigenvalue weighted by Gasteiger charge is 2.55. The summed E-state index contributed by atoms with van der Waals surface area (Å²) in [4.78, 5) is 9.50. The second-order valence-electron chi connectivity index (χ2n) is 31.3. The van der Waals surface area contributed by atoms with E-state index in [4.69, 9.17) is 103 Å². The molecule has 120 heavy (non-hydrogen) atoms. The van der Waals surface area contributed by atoms with Gasteiger partial charge in [-0.3, -0.25) is 9.11 Å². The quantitative estimate of drug-likeness (QED) is 0.0141. The standard InChI is InChI=1S/C79H109N9O30S2/c1-44-34-102-65(28-54(44)98-35-50-20-12-8-13-21-50)117-74-48(5)70(84-87-81)78(113-63(74)42-106-119(91,92)93)112-62-41-105-68(31-57(62)101-38-53-26-18-11-19-27-53)118-75-49(6)71(85-88-82)79(114-64(75)43-107-120(94,95)96)111-61-40-104-67(30-56(61)100-37-52-24-16-10-17-25-52)116-73-47(4)69(83-86-80)77(109-59(73)33-90)110-60-39-103-66(29-55(60)99-36-51-22-14-9-15-23-51)115-72-45(2)46(3)76(97-7)108-58(72)32-89/h8-27,44-49,54-79,89-90H,28-43H2,1-7H3,(H,91,92,93)(H,94,95,96)/t44-,45-,46?,47-,48-,49-,54+,55+,56+,57+,58?,59?,60-,61+,62-,63?,64?,65+,66+,67+,68+,69?,70?,71?,72+,73+,74+,75+,76+,77-,78-,79-/m1/s1. The molecule has 0 radical (unpaired) electrons. The minimum Gasteiger partial charge on any atom is -0.394 e. The molecule has 4 N–H and O–H groups in total. The van der Waals surface area contributed by atoms with E-state index in [1.165, 1.54) is 0 Å². The number of aliphatic hydroxyl groups excluding tert-OH is 2. The van der Waals surface area contributed by atoms with E-state index in [0.29, 0.717) is 6.61 Å². The molecule has 0 bridgehead atoms. The molecule has 662 valence electrons. The van der Waals surface area contributed by atoms with Crippen molar-refractivity contribution in [2.24, 2.45) is 50.9 Å². The SMILES string of the molecule is CO[C@H]1OC(CO)[C@@H](O[C@H]2C[C@H](OCc3ccccc3)[C@H](O[C@H]3OC(CO)[C@@H](O[C@H]4C[C@H](OCc5ccccc5)[C@@H](O[C@@H]5OC(COS(=O)(=O)O)[C@@H](O[C@H]6C[C@H](OCc7ccccc7)[C@H](O[C@@H]7OC(COS(=O)(=O)O)[C@@H](O[C@H]8C[C@H](OCc9ccccc9)[C@H](C)CO8)[C@H](C)C7N=[N+]=[N-])CO6)[C@H](C)C5N=[N+]=[N-])CO4)[C@H](C)C3N=[N+]=[N-])CO2)[C@H](C)C1C. The van der Waals surface area contributed by atoms with Gasteiger partial charge in [-0.15, -0.1) is 0 Å². The van der Waals surface area contributed by atoms with Crippen molar-refractivity contribution >= 4 is 20.8 Å². The van der Waals surface area contributed by atoms with Gasteiger partial charge in [-0.1, -0.05) is 178 Å². The summed E-state index contributed by atoms with van der Waals surface area (Å²) < 4.78 is 209. The summed E-state index contributed by atoms with van der Waals surface area (Å²) in [6.45, 7) is 8.56. The van der Waals surface area contributed by atoms with E-state index in [-0.39, 0.29) is 102 Å². The number of hydrogen-bond donors (Lipinski definition) is 4. The molecular weight excluding hydrogens is 1620 g/mol. The number of nitrogens with zero attached hydrogens (tertiary/aromatic N) is 9. The number of ether oxygens (including phenoxy) is 20. The van der Waals surface area contributed by atoms with Crippen molar-refractivity contribution in [3.63, 3.8) is 0 Å². The van der Waals surface area contributed by atoms with Crippen LogP contribution in [0.1, 0.15) is 89.5 Å². The van der Waals surface area contributed by atoms with E-state index < -0.39 is 212 Å². The van der Waals surface area contributed by atoms with Gasteiger partial charge < -0.3 is 105 Å². The average molecular weight is 1730 g/mol. The summed E-state index contributed by atoms with van der Waals surface area (Å²) in [6.07, 6.45) is -23.2. The lowest BCUT2D eigenvalue weighted by Gasteiger charge is -2.49. The molecule has 32 atom stereocenters. The van der Waals surface area contributed by atoms with Gasteiger partial charge in [0.05, 0.1) is 146 Å². The van der Waals surface area contributed by atoms with Gasteiger partial charge in [0.2, 0.25) is 0 Å². The summed E-state index contributed by atoms with van der Waals surface area (Å²) in [5, 5.41) is 34.0. The monoisotopic (exact) mass is 1730 g/mol. The van der Waals surface area contributed by atoms with E-state index in [0.717, 1.165) is 22.3 Å². The zero-order chi connectivity index (χ0) is 85.0. The number of hydrogen-bond acceptors (Lipinski definition) is 31. The van der Waals surface area contributed by atoms with Gasteiger partial charge in [0.1, 0.15) is 42.7 Å². The lowest BCUT2D eigenvalue weighted by Crippen LogP contribution is -2.60. The third-order valence-electron chi connectivity index (χ3n) is 23.2. The van der Waals surface area contributed by atoms with Crippen molar-refractivity contribution in [2.45, 2.75) is 254 Å². The third-order valence-corrected chi connectivity index (χ3v) is 24.1. The Hall–Kier alpha value is -6.33. The molecule has 8 saturated heterocycles. The maximum atomic E-state index is 12.5. The first kappa shape index (κ1) is 92.8. The Bertz CT molecular complexity index is 4180. The Morgan fingerprint density at radius 1 is 0.375 bits per heavy atom. The zero-order valence-electron chi connectivity index (χ0n) is 67.6. The first-order valence-corrected chi connectivity index (χ1v) is 43.0. The van der Waals surface area contributed by atoms with E-state index in [1.54, 1.807) is 27.9 Å². The number of rotatable bonds is 38. The Morgan fingerprint density at radius 2 is 0.658 bits per heavy atom. The Morgan fingerprint density at radius 3 is 0.967 bits per heavy atom. The van der Waals surface area contributed by atoms with Crippen molar-refractivity contribution in [1.82, 2.24) is 0 Å². The minimum absolute atomic E-state index is 0.00642. The summed E-state index contributed by atoms with van der Waals surface area (Å²) in [7, 11) is -8.68. The number of aliphatic hydroxyl groups is 2. The fourth-order valence-corrected chi connectivity index (χ4v) is 17.0. The van der Waals surface area contributed by atoms with Gasteiger partial charge >= 0.3 is 20.8 Å². The van der Waals surface area contributed by atoms with Crippen LogP contribution >= 0.6 is 0 Å². The van der Waals surface area contributed by atoms with Crippen molar-refractivity contribution in [2.75, 3.05) is 60.0 Å². The van der Waals surface area contributed by atoms with Crippen molar-refractivity contribution < 1.29 is 139 Å². The molecule has 0 saturated carbocycles. The van der Waals surface area contributed by atoms with Crippen LogP contribution in [0.25, 0.3) is 31.3 Å². The molecule has 8 aliphatic heterocycles. The van der Waals surface area contributed by atoms with Crippen LogP contribution in [-0.2, 0) is 150 Å². The molecule has 8 aliphatic rings. The highest BCUT2D eigenvalue weighted by Crippen LogP contribution is 2.43. The molecule has 8 fully saturated rings. The van der Waals surface area contributed by atoms with E-state index in [2.05, 4.69) is 30.1 Å².